The van der Waals surface area contributed by atoms with Crippen molar-refractivity contribution in [3.05, 3.63) is 24.4 Å². The highest BCUT2D eigenvalue weighted by atomic mass is 32.2. The molecule has 0 saturated heterocycles. The molecule has 2 heterocycles. The molecule has 0 spiro atoms. The van der Waals surface area contributed by atoms with Gasteiger partial charge in [0.15, 0.2) is 11.0 Å². The van der Waals surface area contributed by atoms with Crippen molar-refractivity contribution >= 4 is 17.7 Å². The predicted molar refractivity (Wildman–Crippen MR) is 95.7 cm³/mol. The molecule has 8 heteroatoms. The van der Waals surface area contributed by atoms with Crippen LogP contribution in [0.25, 0.3) is 11.5 Å². The van der Waals surface area contributed by atoms with Crippen LogP contribution >= 0.6 is 11.8 Å². The van der Waals surface area contributed by atoms with Crippen LogP contribution in [0.3, 0.4) is 0 Å². The molecule has 0 fully saturated rings. The monoisotopic (exact) mass is 348 g/mol. The van der Waals surface area contributed by atoms with E-state index in [1.54, 1.807) is 6.08 Å². The summed E-state index contributed by atoms with van der Waals surface area (Å²) in [7, 11) is 1.90. The summed E-state index contributed by atoms with van der Waals surface area (Å²) in [6.07, 6.45) is 1.66. The molecule has 7 nitrogen and oxygen atoms in total. The van der Waals surface area contributed by atoms with E-state index in [0.29, 0.717) is 18.2 Å². The van der Waals surface area contributed by atoms with Crippen molar-refractivity contribution in [1.82, 2.24) is 29.9 Å². The van der Waals surface area contributed by atoms with E-state index in [4.69, 9.17) is 0 Å². The second-order valence-electron chi connectivity index (χ2n) is 5.99. The lowest BCUT2D eigenvalue weighted by atomic mass is 10.2. The molecule has 0 bridgehead atoms. The lowest BCUT2D eigenvalue weighted by Crippen LogP contribution is -2.25. The summed E-state index contributed by atoms with van der Waals surface area (Å²) in [5, 5.41) is 16.6. The van der Waals surface area contributed by atoms with Gasteiger partial charge < -0.3 is 9.88 Å². The van der Waals surface area contributed by atoms with Crippen LogP contribution in [0.15, 0.2) is 23.9 Å². The van der Waals surface area contributed by atoms with Crippen LogP contribution in [0.1, 0.15) is 19.5 Å². The van der Waals surface area contributed by atoms with Crippen LogP contribution < -0.4 is 5.32 Å². The fraction of sp³-hybridized carbons (Fsp3) is 0.500. The number of carbonyl (C=O) groups excluding carboxylic acids is 1. The number of aryl methyl sites for hydroxylation is 2. The average molecular weight is 348 g/mol. The zero-order valence-electron chi connectivity index (χ0n) is 14.6. The summed E-state index contributed by atoms with van der Waals surface area (Å²) in [6.45, 7) is 11.1. The SMILES string of the molecule is C=CCNC(=O)CSc1nnc(-c2cc(C)n(C)n2)n1CC(C)C. The summed E-state index contributed by atoms with van der Waals surface area (Å²) in [5.74, 6) is 1.42. The van der Waals surface area contributed by atoms with Gasteiger partial charge in [0, 0.05) is 25.8 Å². The Balaban J connectivity index is 2.22. The summed E-state index contributed by atoms with van der Waals surface area (Å²) in [5.41, 5.74) is 1.85. The number of rotatable bonds is 8. The van der Waals surface area contributed by atoms with Gasteiger partial charge in [-0.05, 0) is 18.9 Å². The highest BCUT2D eigenvalue weighted by molar-refractivity contribution is 7.99. The van der Waals surface area contributed by atoms with Crippen LogP contribution in [0, 0.1) is 12.8 Å². The van der Waals surface area contributed by atoms with Gasteiger partial charge in [-0.25, -0.2) is 0 Å². The normalized spacial score (nSPS) is 11.0. The minimum absolute atomic E-state index is 0.0470. The third-order valence-corrected chi connectivity index (χ3v) is 4.35. The second kappa shape index (κ2) is 8.14. The fourth-order valence-corrected chi connectivity index (χ4v) is 2.93. The van der Waals surface area contributed by atoms with E-state index >= 15 is 0 Å². The number of hydrogen-bond acceptors (Lipinski definition) is 5. The Bertz CT molecular complexity index is 699. The van der Waals surface area contributed by atoms with Crippen LogP contribution in [-0.2, 0) is 18.4 Å². The van der Waals surface area contributed by atoms with Crippen LogP contribution in [0.2, 0.25) is 0 Å². The van der Waals surface area contributed by atoms with Gasteiger partial charge in [-0.2, -0.15) is 5.10 Å². The number of nitrogens with zero attached hydrogens (tertiary/aromatic N) is 5. The molecule has 0 aliphatic rings. The van der Waals surface area contributed by atoms with E-state index in [-0.39, 0.29) is 5.91 Å². The predicted octanol–water partition coefficient (Wildman–Crippen LogP) is 2.04. The Morgan fingerprint density at radius 2 is 2.21 bits per heavy atom. The number of hydrogen-bond donors (Lipinski definition) is 1. The van der Waals surface area contributed by atoms with Gasteiger partial charge in [0.2, 0.25) is 5.91 Å². The molecule has 0 saturated carbocycles. The minimum Gasteiger partial charge on any atom is -0.352 e. The standard InChI is InChI=1S/C16H24N6OS/c1-6-7-17-14(23)10-24-16-19-18-15(22(16)9-11(2)3)13-8-12(4)21(5)20-13/h6,8,11H,1,7,9-10H2,2-5H3,(H,17,23). The van der Waals surface area contributed by atoms with Crippen molar-refractivity contribution < 1.29 is 4.79 Å². The first-order valence-electron chi connectivity index (χ1n) is 7.87. The van der Waals surface area contributed by atoms with Crippen molar-refractivity contribution in [3.8, 4) is 11.5 Å². The lowest BCUT2D eigenvalue weighted by Gasteiger charge is -2.11. The van der Waals surface area contributed by atoms with E-state index < -0.39 is 0 Å². The first kappa shape index (κ1) is 18.3. The molecular formula is C16H24N6OS. The molecule has 0 aromatic carbocycles. The summed E-state index contributed by atoms with van der Waals surface area (Å²) in [6, 6.07) is 1.99. The smallest absolute Gasteiger partial charge is 0.230 e. The Hall–Kier alpha value is -2.09. The maximum absolute atomic E-state index is 11.8. The number of thioether (sulfide) groups is 1. The zero-order chi connectivity index (χ0) is 17.7. The van der Waals surface area contributed by atoms with Gasteiger partial charge in [0.05, 0.1) is 5.75 Å². The third-order valence-electron chi connectivity index (χ3n) is 3.38. The van der Waals surface area contributed by atoms with E-state index in [0.717, 1.165) is 28.9 Å². The van der Waals surface area contributed by atoms with Gasteiger partial charge >= 0.3 is 0 Å². The summed E-state index contributed by atoms with van der Waals surface area (Å²) < 4.78 is 3.86. The topological polar surface area (TPSA) is 77.6 Å². The highest BCUT2D eigenvalue weighted by Crippen LogP contribution is 2.24. The lowest BCUT2D eigenvalue weighted by molar-refractivity contribution is -0.118. The maximum atomic E-state index is 11.8. The molecule has 0 radical (unpaired) electrons. The molecule has 1 amide bonds. The first-order chi connectivity index (χ1) is 11.4. The number of amides is 1. The molecular weight excluding hydrogens is 324 g/mol. The maximum Gasteiger partial charge on any atom is 0.230 e. The zero-order valence-corrected chi connectivity index (χ0v) is 15.4. The molecule has 2 aromatic rings. The third kappa shape index (κ3) is 4.47. The molecule has 130 valence electrons. The van der Waals surface area contributed by atoms with Crippen LogP contribution in [0.5, 0.6) is 0 Å². The van der Waals surface area contributed by atoms with Gasteiger partial charge in [0.1, 0.15) is 5.69 Å². The quantitative estimate of drug-likeness (QED) is 0.583. The number of nitrogens with one attached hydrogen (secondary N) is 1. The van der Waals surface area contributed by atoms with Gasteiger partial charge in [0.25, 0.3) is 0 Å². The van der Waals surface area contributed by atoms with Gasteiger partial charge in [-0.1, -0.05) is 31.7 Å². The number of carbonyl (C=O) groups is 1. The summed E-state index contributed by atoms with van der Waals surface area (Å²) in [4.78, 5) is 11.8. The molecule has 1 N–H and O–H groups in total. The first-order valence-corrected chi connectivity index (χ1v) is 8.85. The van der Waals surface area contributed by atoms with E-state index in [1.165, 1.54) is 11.8 Å². The average Bonchev–Trinajstić information content (AvgIpc) is 3.06. The summed E-state index contributed by atoms with van der Waals surface area (Å²) >= 11 is 1.38. The van der Waals surface area contributed by atoms with Crippen molar-refractivity contribution in [1.29, 1.82) is 0 Å². The number of aromatic nitrogens is 5. The Morgan fingerprint density at radius 1 is 1.46 bits per heavy atom. The molecule has 0 atom stereocenters. The van der Waals surface area contributed by atoms with Gasteiger partial charge in [-0.3, -0.25) is 9.48 Å². The molecule has 0 aliphatic heterocycles. The molecule has 0 unspecified atom stereocenters. The molecule has 24 heavy (non-hydrogen) atoms. The largest absolute Gasteiger partial charge is 0.352 e. The van der Waals surface area contributed by atoms with Crippen molar-refractivity contribution in [2.45, 2.75) is 32.5 Å². The Kier molecular flexibility index (Phi) is 6.19. The van der Waals surface area contributed by atoms with E-state index in [9.17, 15) is 4.79 Å². The van der Waals surface area contributed by atoms with Crippen LogP contribution in [0.4, 0.5) is 0 Å². The highest BCUT2D eigenvalue weighted by Gasteiger charge is 2.18. The molecule has 2 rings (SSSR count). The van der Waals surface area contributed by atoms with Crippen molar-refractivity contribution in [2.75, 3.05) is 12.3 Å². The van der Waals surface area contributed by atoms with Crippen molar-refractivity contribution in [3.63, 3.8) is 0 Å². The molecule has 0 aliphatic carbocycles. The van der Waals surface area contributed by atoms with E-state index in [1.807, 2.05) is 29.3 Å². The fourth-order valence-electron chi connectivity index (χ4n) is 2.15. The van der Waals surface area contributed by atoms with Crippen LogP contribution in [-0.4, -0.2) is 42.7 Å². The second-order valence-corrected chi connectivity index (χ2v) is 6.93. The van der Waals surface area contributed by atoms with Crippen molar-refractivity contribution in [2.24, 2.45) is 13.0 Å². The molecule has 2 aromatic heterocycles. The minimum atomic E-state index is -0.0470. The van der Waals surface area contributed by atoms with E-state index in [2.05, 4.69) is 41.0 Å². The van der Waals surface area contributed by atoms with Gasteiger partial charge in [-0.15, -0.1) is 16.8 Å². The Labute approximate surface area is 146 Å². The Morgan fingerprint density at radius 3 is 2.79 bits per heavy atom.